The Bertz CT molecular complexity index is 877. The normalized spacial score (nSPS) is 20.0. The van der Waals surface area contributed by atoms with E-state index in [1.165, 1.54) is 4.31 Å². The highest BCUT2D eigenvalue weighted by atomic mass is 35.5. The van der Waals surface area contributed by atoms with Gasteiger partial charge in [-0.05, 0) is 25.7 Å². The average Bonchev–Trinajstić information content (AvgIpc) is 2.72. The average molecular weight is 497 g/mol. The van der Waals surface area contributed by atoms with E-state index >= 15 is 0 Å². The lowest BCUT2D eigenvalue weighted by Gasteiger charge is -2.50. The van der Waals surface area contributed by atoms with E-state index in [0.29, 0.717) is 51.2 Å². The first-order valence-electron chi connectivity index (χ1n) is 11.1. The number of hydrogen-bond donors (Lipinski definition) is 0. The molecule has 1 heterocycles. The number of rotatable bonds is 8. The lowest BCUT2D eigenvalue weighted by Crippen LogP contribution is -2.58. The number of carbonyl (C=O) groups is 1. The van der Waals surface area contributed by atoms with Crippen LogP contribution < -0.4 is 0 Å². The molecule has 0 spiro atoms. The van der Waals surface area contributed by atoms with Gasteiger partial charge in [0.05, 0.1) is 11.3 Å². The van der Waals surface area contributed by atoms with Crippen LogP contribution in [0.5, 0.6) is 0 Å². The fraction of sp³-hybridized carbons (Fsp3) is 0.682. The summed E-state index contributed by atoms with van der Waals surface area (Å²) in [6.07, 6.45) is 5.83. The van der Waals surface area contributed by atoms with Crippen molar-refractivity contribution in [3.63, 3.8) is 0 Å². The van der Waals surface area contributed by atoms with Crippen LogP contribution >= 0.6 is 12.4 Å². The minimum absolute atomic E-state index is 0. The van der Waals surface area contributed by atoms with Gasteiger partial charge < -0.3 is 0 Å². The van der Waals surface area contributed by atoms with Gasteiger partial charge in [0.15, 0.2) is 5.78 Å². The number of Topliss-reactive ketones (excluding diaryl/α,β-unsaturated/α-hetero) is 1. The van der Waals surface area contributed by atoms with Crippen LogP contribution in [0.3, 0.4) is 0 Å². The van der Waals surface area contributed by atoms with Crippen molar-refractivity contribution in [2.75, 3.05) is 31.9 Å². The maximum absolute atomic E-state index is 14.0. The summed E-state index contributed by atoms with van der Waals surface area (Å²) in [5, 5.41) is 0. The second kappa shape index (κ2) is 11.3. The van der Waals surface area contributed by atoms with Gasteiger partial charge >= 0.3 is 0 Å². The molecule has 3 rings (SSSR count). The number of benzene rings is 1. The minimum Gasteiger partial charge on any atom is -0.295 e. The number of piperazine rings is 1. The fourth-order valence-corrected chi connectivity index (χ4v) is 6.54. The van der Waals surface area contributed by atoms with E-state index in [-0.39, 0.29) is 30.1 Å². The zero-order valence-corrected chi connectivity index (χ0v) is 20.0. The Kier molecular flexibility index (Phi) is 9.58. The van der Waals surface area contributed by atoms with Gasteiger partial charge in [-0.1, -0.05) is 26.2 Å². The van der Waals surface area contributed by atoms with Crippen LogP contribution in [0.1, 0.15) is 68.6 Å². The Morgan fingerprint density at radius 1 is 1.00 bits per heavy atom. The Morgan fingerprint density at radius 3 is 2.09 bits per heavy atom. The van der Waals surface area contributed by atoms with Crippen LogP contribution in [-0.4, -0.2) is 60.9 Å². The SMILES string of the molecule is CCCS(=O)(=O)N1CCN(C2(CCC(=O)c3c(F)cc(F)cc3F)CCCCC2)CC1.Cl. The maximum atomic E-state index is 14.0. The summed E-state index contributed by atoms with van der Waals surface area (Å²) in [5.74, 6) is -3.92. The number of hydrogen-bond acceptors (Lipinski definition) is 4. The molecule has 0 bridgehead atoms. The van der Waals surface area contributed by atoms with Gasteiger partial charge in [0.2, 0.25) is 10.0 Å². The summed E-state index contributed by atoms with van der Waals surface area (Å²) in [6, 6.07) is 1.06. The van der Waals surface area contributed by atoms with Crippen LogP contribution in [0.15, 0.2) is 12.1 Å². The monoisotopic (exact) mass is 496 g/mol. The van der Waals surface area contributed by atoms with Gasteiger partial charge in [0, 0.05) is 50.3 Å². The van der Waals surface area contributed by atoms with Crippen LogP contribution in [-0.2, 0) is 10.0 Å². The van der Waals surface area contributed by atoms with Crippen molar-refractivity contribution in [1.82, 2.24) is 9.21 Å². The minimum atomic E-state index is -3.24. The Labute approximate surface area is 194 Å². The van der Waals surface area contributed by atoms with Crippen LogP contribution in [0.25, 0.3) is 0 Å². The van der Waals surface area contributed by atoms with Crippen molar-refractivity contribution in [2.24, 2.45) is 0 Å². The molecule has 32 heavy (non-hydrogen) atoms. The number of halogens is 4. The molecule has 1 aromatic rings. The van der Waals surface area contributed by atoms with Crippen molar-refractivity contribution in [1.29, 1.82) is 0 Å². The topological polar surface area (TPSA) is 57.7 Å². The standard InChI is InChI=1S/C22H31F3N2O3S.ClH/c1-2-14-31(29,30)27-12-10-26(11-13-27)22(7-4-3-5-8-22)9-6-20(28)21-18(24)15-17(23)16-19(21)25;/h15-16H,2-14H2,1H3;1H. The van der Waals surface area contributed by atoms with Crippen molar-refractivity contribution < 1.29 is 26.4 Å². The summed E-state index contributed by atoms with van der Waals surface area (Å²) in [5.41, 5.74) is -0.954. The molecule has 1 aliphatic carbocycles. The first-order chi connectivity index (χ1) is 14.7. The maximum Gasteiger partial charge on any atom is 0.214 e. The van der Waals surface area contributed by atoms with E-state index < -0.39 is 38.8 Å². The summed E-state index contributed by atoms with van der Waals surface area (Å²) < 4.78 is 67.5. The molecule has 0 N–H and O–H groups in total. The molecule has 182 valence electrons. The predicted molar refractivity (Wildman–Crippen MR) is 120 cm³/mol. The summed E-state index contributed by atoms with van der Waals surface area (Å²) in [7, 11) is -3.24. The first kappa shape index (κ1) is 27.1. The number of nitrogens with zero attached hydrogens (tertiary/aromatic N) is 2. The molecule has 2 aliphatic rings. The summed E-state index contributed by atoms with van der Waals surface area (Å²) >= 11 is 0. The van der Waals surface area contributed by atoms with E-state index in [2.05, 4.69) is 4.90 Å². The van der Waals surface area contributed by atoms with Crippen LogP contribution in [0.4, 0.5) is 13.2 Å². The molecular formula is C22H32ClF3N2O3S. The Hall–Kier alpha value is -1.16. The van der Waals surface area contributed by atoms with Gasteiger partial charge in [-0.15, -0.1) is 12.4 Å². The van der Waals surface area contributed by atoms with Gasteiger partial charge in [0.25, 0.3) is 0 Å². The van der Waals surface area contributed by atoms with E-state index in [0.717, 1.165) is 32.1 Å². The van der Waals surface area contributed by atoms with E-state index in [1.807, 2.05) is 6.92 Å². The smallest absolute Gasteiger partial charge is 0.214 e. The quantitative estimate of drug-likeness (QED) is 0.495. The molecule has 1 aliphatic heterocycles. The van der Waals surface area contributed by atoms with Crippen molar-refractivity contribution in [3.05, 3.63) is 35.1 Å². The second-order valence-electron chi connectivity index (χ2n) is 8.65. The van der Waals surface area contributed by atoms with E-state index in [9.17, 15) is 26.4 Å². The molecule has 1 aromatic carbocycles. The molecule has 1 saturated carbocycles. The molecule has 0 aromatic heterocycles. The molecule has 0 radical (unpaired) electrons. The van der Waals surface area contributed by atoms with Crippen molar-refractivity contribution in [2.45, 2.75) is 63.8 Å². The molecule has 0 atom stereocenters. The highest BCUT2D eigenvalue weighted by Gasteiger charge is 2.41. The second-order valence-corrected chi connectivity index (χ2v) is 10.7. The molecule has 2 fully saturated rings. The van der Waals surface area contributed by atoms with Gasteiger partial charge in [-0.3, -0.25) is 9.69 Å². The molecular weight excluding hydrogens is 465 g/mol. The third kappa shape index (κ3) is 6.04. The zero-order chi connectivity index (χ0) is 22.6. The Morgan fingerprint density at radius 2 is 1.56 bits per heavy atom. The van der Waals surface area contributed by atoms with Gasteiger partial charge in [0.1, 0.15) is 17.5 Å². The first-order valence-corrected chi connectivity index (χ1v) is 12.7. The van der Waals surface area contributed by atoms with Crippen LogP contribution in [0, 0.1) is 17.5 Å². The van der Waals surface area contributed by atoms with Crippen LogP contribution in [0.2, 0.25) is 0 Å². The highest BCUT2D eigenvalue weighted by Crippen LogP contribution is 2.38. The lowest BCUT2D eigenvalue weighted by molar-refractivity contribution is 0.0165. The number of sulfonamides is 1. The molecule has 0 unspecified atom stereocenters. The van der Waals surface area contributed by atoms with Crippen molar-refractivity contribution in [3.8, 4) is 0 Å². The van der Waals surface area contributed by atoms with Gasteiger partial charge in [-0.25, -0.2) is 21.6 Å². The molecule has 0 amide bonds. The summed E-state index contributed by atoms with van der Waals surface area (Å²) in [6.45, 7) is 3.83. The highest BCUT2D eigenvalue weighted by molar-refractivity contribution is 7.89. The molecule has 5 nitrogen and oxygen atoms in total. The number of ketones is 1. The Balaban J connectivity index is 0.00000363. The molecule has 1 saturated heterocycles. The van der Waals surface area contributed by atoms with E-state index in [1.54, 1.807) is 0 Å². The van der Waals surface area contributed by atoms with Crippen molar-refractivity contribution >= 4 is 28.2 Å². The van der Waals surface area contributed by atoms with Gasteiger partial charge in [-0.2, -0.15) is 4.31 Å². The third-order valence-corrected chi connectivity index (χ3v) is 8.73. The fourth-order valence-electron chi connectivity index (χ4n) is 5.04. The predicted octanol–water partition coefficient (Wildman–Crippen LogP) is 4.55. The summed E-state index contributed by atoms with van der Waals surface area (Å²) in [4.78, 5) is 14.9. The third-order valence-electron chi connectivity index (χ3n) is 6.65. The molecule has 10 heteroatoms. The lowest BCUT2D eigenvalue weighted by atomic mass is 9.76. The number of carbonyl (C=O) groups excluding carboxylic acids is 1. The van der Waals surface area contributed by atoms with E-state index in [4.69, 9.17) is 0 Å². The largest absolute Gasteiger partial charge is 0.295 e. The zero-order valence-electron chi connectivity index (χ0n) is 18.4.